The zero-order valence-corrected chi connectivity index (χ0v) is 17.0. The summed E-state index contributed by atoms with van der Waals surface area (Å²) in [7, 11) is 0. The molecule has 3 aromatic rings. The Bertz CT molecular complexity index is 881. The van der Waals surface area contributed by atoms with E-state index in [0.29, 0.717) is 6.04 Å². The third kappa shape index (κ3) is 3.43. The molecule has 0 aliphatic carbocycles. The van der Waals surface area contributed by atoms with E-state index < -0.39 is 0 Å². The topological polar surface area (TPSA) is 24.9 Å². The molecule has 25 heavy (non-hydrogen) atoms. The van der Waals surface area contributed by atoms with E-state index in [0.717, 1.165) is 24.1 Å². The Hall–Kier alpha value is -1.87. The fraction of sp³-hybridized carbons (Fsp3) is 0.409. The molecule has 132 valence electrons. The number of hydrogen-bond acceptors (Lipinski definition) is 3. The molecule has 2 aromatic heterocycles. The van der Waals surface area contributed by atoms with E-state index >= 15 is 0 Å². The van der Waals surface area contributed by atoms with Crippen LogP contribution in [0, 0.1) is 27.7 Å². The van der Waals surface area contributed by atoms with Crippen molar-refractivity contribution in [3.8, 4) is 11.1 Å². The quantitative estimate of drug-likeness (QED) is 0.546. The molecular weight excluding hydrogens is 324 g/mol. The third-order valence-electron chi connectivity index (χ3n) is 4.94. The zero-order chi connectivity index (χ0) is 18.1. The fourth-order valence-electron chi connectivity index (χ4n) is 3.74. The Balaban J connectivity index is 2.19. The van der Waals surface area contributed by atoms with E-state index in [1.165, 1.54) is 38.2 Å². The van der Waals surface area contributed by atoms with Gasteiger partial charge in [0.15, 0.2) is 0 Å². The number of anilines is 1. The summed E-state index contributed by atoms with van der Waals surface area (Å²) in [6, 6.07) is 7.24. The summed E-state index contributed by atoms with van der Waals surface area (Å²) in [6.07, 6.45) is 2.27. The second kappa shape index (κ2) is 7.17. The SMILES string of the molecule is CCC(CC)Nc1cc(C)nc2c(-c3c(C)cc(C)cc3C)csc12. The van der Waals surface area contributed by atoms with Gasteiger partial charge in [0.1, 0.15) is 0 Å². The normalized spacial score (nSPS) is 11.5. The first-order chi connectivity index (χ1) is 11.9. The molecule has 0 saturated heterocycles. The molecule has 0 fully saturated rings. The lowest BCUT2D eigenvalue weighted by Crippen LogP contribution is -2.17. The van der Waals surface area contributed by atoms with E-state index in [4.69, 9.17) is 4.98 Å². The van der Waals surface area contributed by atoms with E-state index in [2.05, 4.69) is 70.4 Å². The molecule has 0 saturated carbocycles. The number of fused-ring (bicyclic) bond motifs is 1. The molecule has 1 N–H and O–H groups in total. The van der Waals surface area contributed by atoms with Crippen molar-refractivity contribution in [2.75, 3.05) is 5.32 Å². The monoisotopic (exact) mass is 352 g/mol. The summed E-state index contributed by atoms with van der Waals surface area (Å²) in [4.78, 5) is 4.91. The summed E-state index contributed by atoms with van der Waals surface area (Å²) >= 11 is 1.80. The molecule has 0 aliphatic heterocycles. The average molecular weight is 353 g/mol. The summed E-state index contributed by atoms with van der Waals surface area (Å²) in [5, 5.41) is 6.01. The molecule has 0 radical (unpaired) electrons. The van der Waals surface area contributed by atoms with Gasteiger partial charge in [0.05, 0.1) is 15.9 Å². The summed E-state index contributed by atoms with van der Waals surface area (Å²) in [5.41, 5.74) is 10.0. The Morgan fingerprint density at radius 1 is 1.00 bits per heavy atom. The highest BCUT2D eigenvalue weighted by Gasteiger charge is 2.17. The van der Waals surface area contributed by atoms with Crippen LogP contribution in [0.4, 0.5) is 5.69 Å². The van der Waals surface area contributed by atoms with Crippen molar-refractivity contribution in [2.24, 2.45) is 0 Å². The lowest BCUT2D eigenvalue weighted by atomic mass is 9.95. The van der Waals surface area contributed by atoms with Gasteiger partial charge in [0.2, 0.25) is 0 Å². The van der Waals surface area contributed by atoms with Crippen LogP contribution in [-0.2, 0) is 0 Å². The molecule has 1 aromatic carbocycles. The number of aromatic nitrogens is 1. The molecule has 0 atom stereocenters. The Kier molecular flexibility index (Phi) is 5.14. The highest BCUT2D eigenvalue weighted by Crippen LogP contribution is 2.40. The maximum atomic E-state index is 4.91. The average Bonchev–Trinajstić information content (AvgIpc) is 2.95. The molecule has 3 rings (SSSR count). The van der Waals surface area contributed by atoms with E-state index in [1.807, 2.05) is 0 Å². The van der Waals surface area contributed by atoms with Crippen LogP contribution < -0.4 is 5.32 Å². The van der Waals surface area contributed by atoms with Gasteiger partial charge in [-0.25, -0.2) is 0 Å². The van der Waals surface area contributed by atoms with Gasteiger partial charge in [-0.15, -0.1) is 11.3 Å². The zero-order valence-electron chi connectivity index (χ0n) is 16.2. The van der Waals surface area contributed by atoms with Crippen molar-refractivity contribution in [2.45, 2.75) is 60.4 Å². The van der Waals surface area contributed by atoms with E-state index in [-0.39, 0.29) is 0 Å². The van der Waals surface area contributed by atoms with Gasteiger partial charge in [0.25, 0.3) is 0 Å². The van der Waals surface area contributed by atoms with E-state index in [9.17, 15) is 0 Å². The van der Waals surface area contributed by atoms with Crippen molar-refractivity contribution in [1.29, 1.82) is 0 Å². The lowest BCUT2D eigenvalue weighted by molar-refractivity contribution is 0.672. The van der Waals surface area contributed by atoms with Gasteiger partial charge in [-0.1, -0.05) is 31.5 Å². The first-order valence-electron chi connectivity index (χ1n) is 9.18. The minimum absolute atomic E-state index is 0.512. The van der Waals surface area contributed by atoms with Crippen molar-refractivity contribution >= 4 is 27.2 Å². The van der Waals surface area contributed by atoms with Crippen molar-refractivity contribution in [3.05, 3.63) is 46.0 Å². The maximum Gasteiger partial charge on any atom is 0.0912 e. The molecule has 2 nitrogen and oxygen atoms in total. The summed E-state index contributed by atoms with van der Waals surface area (Å²) in [6.45, 7) is 13.1. The van der Waals surface area contributed by atoms with Crippen LogP contribution in [0.1, 0.15) is 49.1 Å². The minimum Gasteiger partial charge on any atom is -0.381 e. The molecule has 0 bridgehead atoms. The van der Waals surface area contributed by atoms with Crippen LogP contribution in [0.2, 0.25) is 0 Å². The van der Waals surface area contributed by atoms with Crippen LogP contribution in [0.15, 0.2) is 23.6 Å². The maximum absolute atomic E-state index is 4.91. The van der Waals surface area contributed by atoms with Gasteiger partial charge in [-0.05, 0) is 63.3 Å². The van der Waals surface area contributed by atoms with Crippen molar-refractivity contribution < 1.29 is 0 Å². The predicted octanol–water partition coefficient (Wildman–Crippen LogP) is 6.80. The highest BCUT2D eigenvalue weighted by atomic mass is 32.1. The number of pyridine rings is 1. The van der Waals surface area contributed by atoms with Gasteiger partial charge in [-0.2, -0.15) is 0 Å². The Morgan fingerprint density at radius 3 is 2.24 bits per heavy atom. The number of hydrogen-bond donors (Lipinski definition) is 1. The smallest absolute Gasteiger partial charge is 0.0912 e. The molecule has 0 unspecified atom stereocenters. The molecule has 0 amide bonds. The third-order valence-corrected chi connectivity index (χ3v) is 5.94. The summed E-state index contributed by atoms with van der Waals surface area (Å²) < 4.78 is 1.27. The first-order valence-corrected chi connectivity index (χ1v) is 10.1. The second-order valence-corrected chi connectivity index (χ2v) is 7.95. The number of nitrogens with zero attached hydrogens (tertiary/aromatic N) is 1. The number of rotatable bonds is 5. The fourth-order valence-corrected chi connectivity index (χ4v) is 4.72. The van der Waals surface area contributed by atoms with Gasteiger partial charge < -0.3 is 5.32 Å². The van der Waals surface area contributed by atoms with Gasteiger partial charge >= 0.3 is 0 Å². The minimum atomic E-state index is 0.512. The molecule has 0 aliphatic rings. The molecule has 3 heteroatoms. The largest absolute Gasteiger partial charge is 0.381 e. The van der Waals surface area contributed by atoms with Crippen LogP contribution in [0.3, 0.4) is 0 Å². The predicted molar refractivity (Wildman–Crippen MR) is 112 cm³/mol. The van der Waals surface area contributed by atoms with Crippen LogP contribution >= 0.6 is 11.3 Å². The molecular formula is C22H28N2S. The standard InChI is InChI=1S/C22H28N2S/c1-7-17(8-2)24-19-11-16(6)23-21-18(12-25-22(19)21)20-14(4)9-13(3)10-15(20)5/h9-12,17H,7-8H2,1-6H3,(H,23,24). The number of benzene rings is 1. The number of nitrogens with one attached hydrogen (secondary N) is 1. The van der Waals surface area contributed by atoms with Gasteiger partial charge in [0, 0.05) is 22.7 Å². The van der Waals surface area contributed by atoms with Crippen LogP contribution in [-0.4, -0.2) is 11.0 Å². The van der Waals surface area contributed by atoms with Crippen molar-refractivity contribution in [1.82, 2.24) is 4.98 Å². The molecule has 0 spiro atoms. The Labute approximate surface area is 155 Å². The Morgan fingerprint density at radius 2 is 1.64 bits per heavy atom. The number of thiophene rings is 1. The lowest BCUT2D eigenvalue weighted by Gasteiger charge is -2.17. The van der Waals surface area contributed by atoms with Crippen LogP contribution in [0.25, 0.3) is 21.3 Å². The second-order valence-electron chi connectivity index (χ2n) is 7.07. The van der Waals surface area contributed by atoms with E-state index in [1.54, 1.807) is 11.3 Å². The highest BCUT2D eigenvalue weighted by molar-refractivity contribution is 7.18. The number of aryl methyl sites for hydroxylation is 4. The first kappa shape index (κ1) is 17.9. The summed E-state index contributed by atoms with van der Waals surface area (Å²) in [5.74, 6) is 0. The molecule has 2 heterocycles. The van der Waals surface area contributed by atoms with Gasteiger partial charge in [-0.3, -0.25) is 4.98 Å². The van der Waals surface area contributed by atoms with Crippen LogP contribution in [0.5, 0.6) is 0 Å². The van der Waals surface area contributed by atoms with Crippen molar-refractivity contribution in [3.63, 3.8) is 0 Å².